The lowest BCUT2D eigenvalue weighted by Gasteiger charge is -2.12. The molecular weight excluding hydrogens is 207 g/mol. The molecule has 0 amide bonds. The molecule has 0 saturated carbocycles. The molecule has 0 bridgehead atoms. The molecule has 0 aliphatic heterocycles. The van der Waals surface area contributed by atoms with Crippen molar-refractivity contribution in [3.63, 3.8) is 0 Å². The topological polar surface area (TPSA) is 26.3 Å². The fraction of sp³-hybridized carbons (Fsp3) is 0.300. The largest absolute Gasteiger partial charge is 0.481 e. The van der Waals surface area contributed by atoms with E-state index in [9.17, 15) is 9.18 Å². The fourth-order valence-electron chi connectivity index (χ4n) is 0.968. The molecule has 0 radical (unpaired) electrons. The zero-order valence-electron chi connectivity index (χ0n) is 7.67. The van der Waals surface area contributed by atoms with Gasteiger partial charge in [-0.1, -0.05) is 6.92 Å². The van der Waals surface area contributed by atoms with E-state index in [-0.39, 0.29) is 5.82 Å². The number of hydrogen-bond donors (Lipinski definition) is 0. The van der Waals surface area contributed by atoms with Gasteiger partial charge in [0.1, 0.15) is 11.6 Å². The molecule has 76 valence electrons. The molecule has 1 aromatic rings. The summed E-state index contributed by atoms with van der Waals surface area (Å²) in [5.41, 5.74) is 0. The smallest absolute Gasteiger partial charge is 0.262 e. The number of halogens is 2. The van der Waals surface area contributed by atoms with Crippen molar-refractivity contribution >= 4 is 16.8 Å². The molecule has 0 heterocycles. The summed E-state index contributed by atoms with van der Waals surface area (Å²) >= 11 is 5.29. The number of carbonyl (C=O) groups is 1. The van der Waals surface area contributed by atoms with Crippen LogP contribution in [0.4, 0.5) is 4.39 Å². The maximum atomic E-state index is 12.5. The quantitative estimate of drug-likeness (QED) is 0.724. The minimum Gasteiger partial charge on any atom is -0.481 e. The second kappa shape index (κ2) is 4.96. The minimum atomic E-state index is -0.665. The van der Waals surface area contributed by atoms with Gasteiger partial charge in [-0.15, -0.1) is 0 Å². The number of carbonyl (C=O) groups excluding carboxylic acids is 1. The highest BCUT2D eigenvalue weighted by atomic mass is 35.5. The minimum absolute atomic E-state index is 0.345. The van der Waals surface area contributed by atoms with Gasteiger partial charge in [0.15, 0.2) is 6.10 Å². The Morgan fingerprint density at radius 2 is 2.07 bits per heavy atom. The van der Waals surface area contributed by atoms with E-state index >= 15 is 0 Å². The fourth-order valence-corrected chi connectivity index (χ4v) is 1.17. The summed E-state index contributed by atoms with van der Waals surface area (Å²) in [6.07, 6.45) is -0.179. The van der Waals surface area contributed by atoms with Gasteiger partial charge in [-0.2, -0.15) is 0 Å². The Bertz CT molecular complexity index is 310. The van der Waals surface area contributed by atoms with E-state index < -0.39 is 11.3 Å². The van der Waals surface area contributed by atoms with E-state index in [0.29, 0.717) is 12.2 Å². The number of rotatable bonds is 4. The molecule has 1 aromatic carbocycles. The molecule has 4 heteroatoms. The lowest BCUT2D eigenvalue weighted by molar-refractivity contribution is -0.117. The average Bonchev–Trinajstić information content (AvgIpc) is 2.16. The molecule has 1 rings (SSSR count). The highest BCUT2D eigenvalue weighted by Gasteiger charge is 2.15. The van der Waals surface area contributed by atoms with Crippen molar-refractivity contribution in [1.29, 1.82) is 0 Å². The van der Waals surface area contributed by atoms with Crippen LogP contribution >= 0.6 is 11.6 Å². The highest BCUT2D eigenvalue weighted by molar-refractivity contribution is 6.64. The Labute approximate surface area is 86.6 Å². The summed E-state index contributed by atoms with van der Waals surface area (Å²) < 4.78 is 17.7. The molecule has 2 nitrogen and oxygen atoms in total. The van der Waals surface area contributed by atoms with Crippen LogP contribution in [0.15, 0.2) is 24.3 Å². The third kappa shape index (κ3) is 3.00. The van der Waals surface area contributed by atoms with Gasteiger partial charge in [-0.05, 0) is 42.3 Å². The summed E-state index contributed by atoms with van der Waals surface area (Å²) in [7, 11) is 0. The Balaban J connectivity index is 2.67. The predicted molar refractivity (Wildman–Crippen MR) is 52.0 cm³/mol. The molecule has 0 aliphatic rings. The van der Waals surface area contributed by atoms with E-state index in [1.54, 1.807) is 6.92 Å². The van der Waals surface area contributed by atoms with Crippen LogP contribution in [0.25, 0.3) is 0 Å². The van der Waals surface area contributed by atoms with Crippen LogP contribution in [0.3, 0.4) is 0 Å². The van der Waals surface area contributed by atoms with Gasteiger partial charge >= 0.3 is 0 Å². The summed E-state index contributed by atoms with van der Waals surface area (Å²) in [5, 5.41) is -0.545. The Kier molecular flexibility index (Phi) is 3.89. The van der Waals surface area contributed by atoms with Crippen molar-refractivity contribution in [2.75, 3.05) is 0 Å². The Morgan fingerprint density at radius 1 is 1.50 bits per heavy atom. The first kappa shape index (κ1) is 11.0. The van der Waals surface area contributed by atoms with Gasteiger partial charge in [0.2, 0.25) is 0 Å². The third-order valence-corrected chi connectivity index (χ3v) is 1.96. The van der Waals surface area contributed by atoms with Gasteiger partial charge in [0.05, 0.1) is 0 Å². The zero-order valence-corrected chi connectivity index (χ0v) is 8.42. The molecule has 0 aliphatic carbocycles. The summed E-state index contributed by atoms with van der Waals surface area (Å²) in [4.78, 5) is 10.8. The summed E-state index contributed by atoms with van der Waals surface area (Å²) in [6, 6.07) is 5.44. The average molecular weight is 217 g/mol. The van der Waals surface area contributed by atoms with Crippen LogP contribution in [0.5, 0.6) is 5.75 Å². The van der Waals surface area contributed by atoms with Crippen LogP contribution in [0.2, 0.25) is 0 Å². The standard InChI is InChI=1S/C10H10ClFO2/c1-2-9(10(11)13)14-8-5-3-7(12)4-6-8/h3-6,9H,2H2,1H3/t9-/m1/s1. The Hall–Kier alpha value is -1.09. The number of benzene rings is 1. The number of ether oxygens (including phenoxy) is 1. The second-order valence-electron chi connectivity index (χ2n) is 2.77. The van der Waals surface area contributed by atoms with Gasteiger partial charge in [0.25, 0.3) is 5.24 Å². The van der Waals surface area contributed by atoms with Gasteiger partial charge in [-0.3, -0.25) is 4.79 Å². The number of hydrogen-bond acceptors (Lipinski definition) is 2. The van der Waals surface area contributed by atoms with Crippen LogP contribution in [0, 0.1) is 5.82 Å². The van der Waals surface area contributed by atoms with E-state index in [1.165, 1.54) is 24.3 Å². The first-order valence-corrected chi connectivity index (χ1v) is 4.63. The van der Waals surface area contributed by atoms with Crippen molar-refractivity contribution in [2.45, 2.75) is 19.4 Å². The van der Waals surface area contributed by atoms with Crippen LogP contribution < -0.4 is 4.74 Å². The van der Waals surface area contributed by atoms with Crippen molar-refractivity contribution in [3.8, 4) is 5.75 Å². The lowest BCUT2D eigenvalue weighted by Crippen LogP contribution is -2.22. The molecule has 0 N–H and O–H groups in total. The third-order valence-electron chi connectivity index (χ3n) is 1.72. The van der Waals surface area contributed by atoms with Crippen molar-refractivity contribution in [2.24, 2.45) is 0 Å². The first-order chi connectivity index (χ1) is 6.63. The van der Waals surface area contributed by atoms with Gasteiger partial charge in [-0.25, -0.2) is 4.39 Å². The monoisotopic (exact) mass is 216 g/mol. The Morgan fingerprint density at radius 3 is 2.50 bits per heavy atom. The molecule has 0 saturated heterocycles. The highest BCUT2D eigenvalue weighted by Crippen LogP contribution is 2.15. The van der Waals surface area contributed by atoms with Crippen molar-refractivity contribution in [3.05, 3.63) is 30.1 Å². The van der Waals surface area contributed by atoms with E-state index in [1.807, 2.05) is 0 Å². The first-order valence-electron chi connectivity index (χ1n) is 4.25. The van der Waals surface area contributed by atoms with Crippen LogP contribution in [-0.4, -0.2) is 11.3 Å². The van der Waals surface area contributed by atoms with Crippen LogP contribution in [-0.2, 0) is 4.79 Å². The molecular formula is C10H10ClFO2. The predicted octanol–water partition coefficient (Wildman–Crippen LogP) is 2.75. The maximum absolute atomic E-state index is 12.5. The molecule has 1 atom stereocenters. The van der Waals surface area contributed by atoms with Gasteiger partial charge < -0.3 is 4.74 Å². The van der Waals surface area contributed by atoms with Crippen LogP contribution in [0.1, 0.15) is 13.3 Å². The molecule has 14 heavy (non-hydrogen) atoms. The molecule has 0 aromatic heterocycles. The summed E-state index contributed by atoms with van der Waals surface area (Å²) in [6.45, 7) is 1.79. The van der Waals surface area contributed by atoms with E-state index in [2.05, 4.69) is 0 Å². The zero-order chi connectivity index (χ0) is 10.6. The van der Waals surface area contributed by atoms with E-state index in [0.717, 1.165) is 0 Å². The van der Waals surface area contributed by atoms with Crippen molar-refractivity contribution < 1.29 is 13.9 Å². The maximum Gasteiger partial charge on any atom is 0.262 e. The molecule has 0 spiro atoms. The SMILES string of the molecule is CC[C@@H](Oc1ccc(F)cc1)C(=O)Cl. The second-order valence-corrected chi connectivity index (χ2v) is 3.15. The summed E-state index contributed by atoms with van der Waals surface area (Å²) in [5.74, 6) is 0.0925. The van der Waals surface area contributed by atoms with Crippen molar-refractivity contribution in [1.82, 2.24) is 0 Å². The van der Waals surface area contributed by atoms with E-state index in [4.69, 9.17) is 16.3 Å². The molecule has 0 unspecified atom stereocenters. The molecule has 0 fully saturated rings. The van der Waals surface area contributed by atoms with Gasteiger partial charge in [0, 0.05) is 0 Å². The lowest BCUT2D eigenvalue weighted by atomic mass is 10.3. The normalized spacial score (nSPS) is 12.2.